The van der Waals surface area contributed by atoms with Crippen LogP contribution in [0.1, 0.15) is 71.1 Å². The van der Waals surface area contributed by atoms with Crippen LogP contribution < -0.4 is 11.5 Å². The molecule has 4 rings (SSSR count). The fourth-order valence-corrected chi connectivity index (χ4v) is 10.4. The predicted molar refractivity (Wildman–Crippen MR) is 138 cm³/mol. The van der Waals surface area contributed by atoms with E-state index in [-0.39, 0.29) is 42.0 Å². The summed E-state index contributed by atoms with van der Waals surface area (Å²) in [6, 6.07) is 0.0984. The van der Waals surface area contributed by atoms with E-state index in [0.29, 0.717) is 24.0 Å². The monoisotopic (exact) mass is 495 g/mol. The Kier molecular flexibility index (Phi) is 8.08. The lowest BCUT2D eigenvalue weighted by Crippen LogP contribution is -2.52. The molecule has 186 valence electrons. The highest BCUT2D eigenvalue weighted by Crippen LogP contribution is 2.75. The number of hydrogen-bond donors (Lipinski definition) is 4. The van der Waals surface area contributed by atoms with E-state index < -0.39 is 0 Å². The molecular weight excluding hydrogens is 454 g/mol. The number of carbonyl (C=O) groups is 1. The molecule has 0 unspecified atom stereocenters. The van der Waals surface area contributed by atoms with Crippen LogP contribution in [-0.2, 0) is 4.79 Å². The van der Waals surface area contributed by atoms with Crippen molar-refractivity contribution in [2.75, 3.05) is 24.7 Å². The van der Waals surface area contributed by atoms with Crippen molar-refractivity contribution < 1.29 is 15.0 Å². The van der Waals surface area contributed by atoms with Gasteiger partial charge in [0.25, 0.3) is 0 Å². The van der Waals surface area contributed by atoms with Crippen molar-refractivity contribution in [3.8, 4) is 0 Å². The van der Waals surface area contributed by atoms with E-state index in [1.54, 1.807) is 0 Å². The summed E-state index contributed by atoms with van der Waals surface area (Å²) in [5.74, 6) is 3.57. The number of aliphatic hydroxyl groups excluding tert-OH is 2. The third-order valence-electron chi connectivity index (χ3n) is 9.34. The number of allylic oxidation sites excluding steroid dienone is 2. The zero-order chi connectivity index (χ0) is 23.6. The van der Waals surface area contributed by atoms with E-state index in [1.807, 2.05) is 21.6 Å². The van der Waals surface area contributed by atoms with Gasteiger partial charge in [-0.2, -0.15) is 0 Å². The Labute approximate surface area is 206 Å². The zero-order valence-electron chi connectivity index (χ0n) is 19.9. The van der Waals surface area contributed by atoms with E-state index >= 15 is 0 Å². The topological polar surface area (TPSA) is 122 Å². The van der Waals surface area contributed by atoms with Crippen molar-refractivity contribution in [3.63, 3.8) is 0 Å². The molecule has 0 saturated heterocycles. The van der Waals surface area contributed by atoms with Crippen LogP contribution in [0.5, 0.6) is 0 Å². The van der Waals surface area contributed by atoms with E-state index in [2.05, 4.69) is 11.9 Å². The lowest BCUT2D eigenvalue weighted by Gasteiger charge is -2.57. The van der Waals surface area contributed by atoms with Gasteiger partial charge in [0.1, 0.15) is 0 Å². The van der Waals surface area contributed by atoms with Gasteiger partial charge in [0.15, 0.2) is 11.7 Å². The smallest absolute Gasteiger partial charge is 0.186 e. The van der Waals surface area contributed by atoms with Crippen molar-refractivity contribution in [2.24, 2.45) is 45.0 Å². The molecule has 33 heavy (non-hydrogen) atoms. The summed E-state index contributed by atoms with van der Waals surface area (Å²) in [7, 11) is 3.78. The highest BCUT2D eigenvalue weighted by atomic mass is 33.1. The fraction of sp³-hybridized carbons (Fsp3) is 0.840. The summed E-state index contributed by atoms with van der Waals surface area (Å²) in [5, 5.41) is 19.8. The van der Waals surface area contributed by atoms with Gasteiger partial charge in [0, 0.05) is 36.6 Å². The van der Waals surface area contributed by atoms with E-state index in [1.165, 1.54) is 5.57 Å². The Balaban J connectivity index is 1.72. The van der Waals surface area contributed by atoms with Crippen LogP contribution in [0.4, 0.5) is 0 Å². The average molecular weight is 496 g/mol. The van der Waals surface area contributed by atoms with Crippen molar-refractivity contribution >= 4 is 33.3 Å². The number of aliphatic imine (C=N–C) groups is 1. The van der Waals surface area contributed by atoms with Gasteiger partial charge in [-0.15, -0.1) is 0 Å². The van der Waals surface area contributed by atoms with Gasteiger partial charge < -0.3 is 21.7 Å². The molecule has 2 saturated carbocycles. The van der Waals surface area contributed by atoms with Crippen LogP contribution in [0, 0.1) is 28.6 Å². The third-order valence-corrected chi connectivity index (χ3v) is 11.8. The van der Waals surface area contributed by atoms with Gasteiger partial charge in [0.05, 0.1) is 6.04 Å². The second kappa shape index (κ2) is 10.5. The molecule has 1 heterocycles. The van der Waals surface area contributed by atoms with E-state index in [0.717, 1.165) is 74.9 Å². The number of rotatable bonds is 6. The molecule has 3 aliphatic carbocycles. The first-order valence-electron chi connectivity index (χ1n) is 12.7. The Morgan fingerprint density at radius 1 is 1.24 bits per heavy atom. The summed E-state index contributed by atoms with van der Waals surface area (Å²) in [4.78, 5) is 18.0. The molecule has 0 amide bonds. The molecular formula is C25H41N3O3S2. The molecule has 2 fully saturated rings. The normalized spacial score (nSPS) is 39.1. The van der Waals surface area contributed by atoms with E-state index in [4.69, 9.17) is 11.5 Å². The third kappa shape index (κ3) is 4.50. The quantitative estimate of drug-likeness (QED) is 0.192. The molecule has 6 atom stereocenters. The number of guanidine groups is 1. The molecule has 5 bridgehead atoms. The maximum atomic E-state index is 13.5. The number of ketones is 1. The Morgan fingerprint density at radius 3 is 2.79 bits per heavy atom. The van der Waals surface area contributed by atoms with Crippen LogP contribution in [0.25, 0.3) is 0 Å². The first-order valence-corrected chi connectivity index (χ1v) is 15.2. The van der Waals surface area contributed by atoms with Crippen LogP contribution in [-0.4, -0.2) is 52.7 Å². The maximum absolute atomic E-state index is 13.5. The molecule has 8 heteroatoms. The molecule has 0 aromatic rings. The van der Waals surface area contributed by atoms with Crippen LogP contribution >= 0.6 is 21.6 Å². The van der Waals surface area contributed by atoms with Crippen molar-refractivity contribution in [2.45, 2.75) is 77.2 Å². The van der Waals surface area contributed by atoms with Gasteiger partial charge in [0.2, 0.25) is 0 Å². The second-order valence-electron chi connectivity index (χ2n) is 10.8. The zero-order valence-corrected chi connectivity index (χ0v) is 21.6. The summed E-state index contributed by atoms with van der Waals surface area (Å²) in [6.45, 7) is 2.88. The van der Waals surface area contributed by atoms with Gasteiger partial charge in [-0.25, -0.2) is 4.99 Å². The average Bonchev–Trinajstić information content (AvgIpc) is 3.10. The molecule has 0 aromatic carbocycles. The number of nitrogens with zero attached hydrogens (tertiary/aromatic N) is 1. The molecule has 6 N–H and O–H groups in total. The van der Waals surface area contributed by atoms with Crippen LogP contribution in [0.3, 0.4) is 0 Å². The summed E-state index contributed by atoms with van der Waals surface area (Å²) >= 11 is 0. The Hall–Kier alpha value is -0.700. The number of hydrogen-bond acceptors (Lipinski definition) is 6. The maximum Gasteiger partial charge on any atom is 0.186 e. The molecule has 4 aliphatic rings. The Bertz CT molecular complexity index is 800. The Morgan fingerprint density at radius 2 is 2.06 bits per heavy atom. The summed E-state index contributed by atoms with van der Waals surface area (Å²) in [5.41, 5.74) is 13.9. The highest BCUT2D eigenvalue weighted by molar-refractivity contribution is 8.76. The van der Waals surface area contributed by atoms with Crippen molar-refractivity contribution in [1.29, 1.82) is 0 Å². The van der Waals surface area contributed by atoms with Gasteiger partial charge in [-0.1, -0.05) is 40.5 Å². The number of aliphatic hydroxyl groups is 2. The lowest BCUT2D eigenvalue weighted by atomic mass is 9.47. The van der Waals surface area contributed by atoms with Gasteiger partial charge >= 0.3 is 0 Å². The molecule has 1 aliphatic heterocycles. The van der Waals surface area contributed by atoms with Crippen molar-refractivity contribution in [3.05, 3.63) is 11.1 Å². The molecule has 0 radical (unpaired) electrons. The number of Topliss-reactive ketones (excluding diaryl/α,β-unsaturated/α-hetero) is 1. The first kappa shape index (κ1) is 25.4. The van der Waals surface area contributed by atoms with Crippen molar-refractivity contribution in [1.82, 2.24) is 0 Å². The standard InChI is InChI=1S/C25H41N3O3S2/c1-24-8-10-32-33-15-18(28-23(26)27)5-4-6-19-21-12-17(24)11-16(14-30)20(7-2-3-9-29)25(21,24)13-22(19)31/h16-18,20,29-30H,2-15H2,1H3,(H4,26,27,28)/t16-,17-,18+,20-,24+,25+/m1/s1. The minimum absolute atomic E-state index is 0.0934. The number of nitrogens with two attached hydrogens (primary N) is 2. The lowest BCUT2D eigenvalue weighted by molar-refractivity contribution is -0.125. The molecule has 6 nitrogen and oxygen atoms in total. The SMILES string of the molecule is C[C@]12CCSSC[C@@H](N=C(N)N)CCCC3=C4C[C@H]1C[C@H](CO)[C@@H](CCCCO)[C@@]42CC3=O. The second-order valence-corrected chi connectivity index (χ2v) is 13.4. The first-order chi connectivity index (χ1) is 15.9. The summed E-state index contributed by atoms with van der Waals surface area (Å²) < 4.78 is 0. The number of unbranched alkanes of at least 4 members (excludes halogenated alkanes) is 1. The van der Waals surface area contributed by atoms with E-state index in [9.17, 15) is 15.0 Å². The molecule has 1 spiro atoms. The van der Waals surface area contributed by atoms with Crippen LogP contribution in [0.2, 0.25) is 0 Å². The van der Waals surface area contributed by atoms with Gasteiger partial charge in [-0.3, -0.25) is 4.79 Å². The van der Waals surface area contributed by atoms with Crippen LogP contribution in [0.15, 0.2) is 16.1 Å². The minimum Gasteiger partial charge on any atom is -0.396 e. The minimum atomic E-state index is -0.107. The predicted octanol–water partition coefficient (Wildman–Crippen LogP) is 3.66. The highest BCUT2D eigenvalue weighted by Gasteiger charge is 2.69. The summed E-state index contributed by atoms with van der Waals surface area (Å²) in [6.07, 6.45) is 9.20. The molecule has 0 aromatic heterocycles. The fourth-order valence-electron chi connectivity index (χ4n) is 7.87. The number of carbonyl (C=O) groups excluding carboxylic acids is 1. The van der Waals surface area contributed by atoms with Gasteiger partial charge in [-0.05, 0) is 80.1 Å². The largest absolute Gasteiger partial charge is 0.396 e.